The number of sulfonamides is 1. The summed E-state index contributed by atoms with van der Waals surface area (Å²) in [5.41, 5.74) is 1.11. The minimum Gasteiger partial charge on any atom is -0.495 e. The van der Waals surface area contributed by atoms with Crippen molar-refractivity contribution in [2.24, 2.45) is 0 Å². The predicted molar refractivity (Wildman–Crippen MR) is 150 cm³/mol. The molecule has 0 aromatic heterocycles. The number of rotatable bonds is 12. The molecule has 0 saturated heterocycles. The molecule has 0 bridgehead atoms. The van der Waals surface area contributed by atoms with E-state index in [2.05, 4.69) is 5.32 Å². The van der Waals surface area contributed by atoms with Gasteiger partial charge in [0.2, 0.25) is 21.8 Å². The Bertz CT molecular complexity index is 1410. The molecular formula is C28H31ClFN3O5S. The molecule has 0 radical (unpaired) electrons. The van der Waals surface area contributed by atoms with E-state index in [1.807, 2.05) is 30.3 Å². The topological polar surface area (TPSA) is 96.0 Å². The highest BCUT2D eigenvalue weighted by atomic mass is 35.5. The number of hydrogen-bond donors (Lipinski definition) is 1. The van der Waals surface area contributed by atoms with E-state index >= 15 is 0 Å². The van der Waals surface area contributed by atoms with Crippen LogP contribution in [0, 0.1) is 5.82 Å². The molecule has 0 heterocycles. The molecule has 39 heavy (non-hydrogen) atoms. The van der Waals surface area contributed by atoms with Crippen LogP contribution in [0.1, 0.15) is 18.1 Å². The second kappa shape index (κ2) is 13.4. The third kappa shape index (κ3) is 7.93. The number of methoxy groups -OCH3 is 1. The number of nitrogens with zero attached hydrogens (tertiary/aromatic N) is 2. The highest BCUT2D eigenvalue weighted by Gasteiger charge is 2.33. The van der Waals surface area contributed by atoms with E-state index < -0.39 is 40.2 Å². The Morgan fingerprint density at radius 1 is 1.05 bits per heavy atom. The largest absolute Gasteiger partial charge is 0.495 e. The number of carbonyl (C=O) groups is 2. The van der Waals surface area contributed by atoms with E-state index in [1.54, 1.807) is 13.0 Å². The van der Waals surface area contributed by atoms with Gasteiger partial charge >= 0.3 is 0 Å². The van der Waals surface area contributed by atoms with Gasteiger partial charge in [0.15, 0.2) is 0 Å². The van der Waals surface area contributed by atoms with Crippen LogP contribution in [-0.4, -0.2) is 57.6 Å². The zero-order valence-electron chi connectivity index (χ0n) is 21.9. The molecule has 0 spiro atoms. The smallest absolute Gasteiger partial charge is 0.244 e. The van der Waals surface area contributed by atoms with E-state index in [9.17, 15) is 22.4 Å². The zero-order valence-corrected chi connectivity index (χ0v) is 23.5. The fraction of sp³-hybridized carbons (Fsp3) is 0.286. The fourth-order valence-corrected chi connectivity index (χ4v) is 5.17. The third-order valence-electron chi connectivity index (χ3n) is 6.02. The molecule has 0 aliphatic heterocycles. The average molecular weight is 576 g/mol. The van der Waals surface area contributed by atoms with Crippen molar-refractivity contribution >= 4 is 39.1 Å². The first-order chi connectivity index (χ1) is 18.5. The van der Waals surface area contributed by atoms with Crippen molar-refractivity contribution < 1.29 is 27.1 Å². The van der Waals surface area contributed by atoms with Crippen LogP contribution in [0.5, 0.6) is 5.75 Å². The minimum atomic E-state index is -3.97. The number of ether oxygens (including phenoxy) is 1. The molecule has 3 aromatic rings. The lowest BCUT2D eigenvalue weighted by atomic mass is 10.0. The second-order valence-electron chi connectivity index (χ2n) is 8.80. The molecule has 2 amide bonds. The number of halogens is 2. The normalized spacial score (nSPS) is 11.9. The maximum atomic E-state index is 14.7. The summed E-state index contributed by atoms with van der Waals surface area (Å²) in [5.74, 6) is -1.35. The van der Waals surface area contributed by atoms with Gasteiger partial charge in [-0.15, -0.1) is 0 Å². The quantitative estimate of drug-likeness (QED) is 0.352. The van der Waals surface area contributed by atoms with E-state index in [0.29, 0.717) is 12.3 Å². The van der Waals surface area contributed by atoms with Gasteiger partial charge in [-0.1, -0.05) is 60.1 Å². The molecule has 0 aliphatic carbocycles. The van der Waals surface area contributed by atoms with Crippen LogP contribution in [0.4, 0.5) is 10.1 Å². The summed E-state index contributed by atoms with van der Waals surface area (Å²) >= 11 is 6.23. The van der Waals surface area contributed by atoms with Crippen LogP contribution in [0.15, 0.2) is 72.8 Å². The molecule has 1 atom stereocenters. The van der Waals surface area contributed by atoms with Crippen molar-refractivity contribution in [3.63, 3.8) is 0 Å². The van der Waals surface area contributed by atoms with Crippen molar-refractivity contribution in [2.45, 2.75) is 25.9 Å². The Balaban J connectivity index is 2.06. The summed E-state index contributed by atoms with van der Waals surface area (Å²) in [5, 5.41) is 2.90. The maximum Gasteiger partial charge on any atom is 0.244 e. The summed E-state index contributed by atoms with van der Waals surface area (Å²) in [7, 11) is -2.54. The maximum absolute atomic E-state index is 14.7. The van der Waals surface area contributed by atoms with Crippen LogP contribution in [0.25, 0.3) is 0 Å². The second-order valence-corrected chi connectivity index (χ2v) is 11.1. The number of anilines is 1. The SMILES string of the molecule is CCNC(=O)[C@H](Cc1ccccc1)N(Cc1ccccc1F)C(=O)CN(c1ccc(OC)c(Cl)c1)S(C)(=O)=O. The molecule has 0 unspecified atom stereocenters. The summed E-state index contributed by atoms with van der Waals surface area (Å²) in [6.07, 6.45) is 1.10. The van der Waals surface area contributed by atoms with Crippen LogP contribution in [0.2, 0.25) is 5.02 Å². The van der Waals surface area contributed by atoms with E-state index in [0.717, 1.165) is 16.1 Å². The Hall–Kier alpha value is -3.63. The Morgan fingerprint density at radius 2 is 1.72 bits per heavy atom. The third-order valence-corrected chi connectivity index (χ3v) is 7.46. The van der Waals surface area contributed by atoms with Crippen molar-refractivity contribution in [1.29, 1.82) is 0 Å². The van der Waals surface area contributed by atoms with Crippen LogP contribution >= 0.6 is 11.6 Å². The van der Waals surface area contributed by atoms with E-state index in [4.69, 9.17) is 16.3 Å². The van der Waals surface area contributed by atoms with Gasteiger partial charge < -0.3 is 15.0 Å². The molecule has 0 saturated carbocycles. The van der Waals surface area contributed by atoms with Crippen molar-refractivity contribution in [2.75, 3.05) is 30.8 Å². The van der Waals surface area contributed by atoms with Gasteiger partial charge in [-0.25, -0.2) is 12.8 Å². The van der Waals surface area contributed by atoms with E-state index in [-0.39, 0.29) is 29.2 Å². The van der Waals surface area contributed by atoms with Gasteiger partial charge in [0.25, 0.3) is 0 Å². The first kappa shape index (κ1) is 29.9. The Labute approximate surface area is 233 Å². The van der Waals surface area contributed by atoms with Crippen molar-refractivity contribution in [1.82, 2.24) is 10.2 Å². The van der Waals surface area contributed by atoms with Gasteiger partial charge in [0.05, 0.1) is 24.1 Å². The van der Waals surface area contributed by atoms with Crippen LogP contribution in [0.3, 0.4) is 0 Å². The first-order valence-electron chi connectivity index (χ1n) is 12.2. The number of hydrogen-bond acceptors (Lipinski definition) is 5. The zero-order chi connectivity index (χ0) is 28.6. The Morgan fingerprint density at radius 3 is 2.31 bits per heavy atom. The molecule has 3 rings (SSSR count). The van der Waals surface area contributed by atoms with Gasteiger partial charge in [-0.3, -0.25) is 13.9 Å². The van der Waals surface area contributed by atoms with Crippen molar-refractivity contribution in [3.05, 3.63) is 94.8 Å². The number of benzene rings is 3. The molecule has 3 aromatic carbocycles. The molecule has 1 N–H and O–H groups in total. The first-order valence-corrected chi connectivity index (χ1v) is 14.4. The highest BCUT2D eigenvalue weighted by molar-refractivity contribution is 7.92. The van der Waals surface area contributed by atoms with Gasteiger partial charge in [0, 0.05) is 25.1 Å². The molecular weight excluding hydrogens is 545 g/mol. The molecule has 0 aliphatic rings. The number of carbonyl (C=O) groups excluding carboxylic acids is 2. The lowest BCUT2D eigenvalue weighted by Gasteiger charge is -2.33. The predicted octanol–water partition coefficient (Wildman–Crippen LogP) is 4.03. The molecule has 208 valence electrons. The highest BCUT2D eigenvalue weighted by Crippen LogP contribution is 2.30. The van der Waals surface area contributed by atoms with Gasteiger partial charge in [-0.2, -0.15) is 0 Å². The minimum absolute atomic E-state index is 0.139. The van der Waals surface area contributed by atoms with Crippen LogP contribution in [-0.2, 0) is 32.6 Å². The summed E-state index contributed by atoms with van der Waals surface area (Å²) in [4.78, 5) is 28.4. The monoisotopic (exact) mass is 575 g/mol. The lowest BCUT2D eigenvalue weighted by molar-refractivity contribution is -0.140. The van der Waals surface area contributed by atoms with E-state index in [1.165, 1.54) is 48.4 Å². The lowest BCUT2D eigenvalue weighted by Crippen LogP contribution is -2.53. The number of nitrogens with one attached hydrogen (secondary N) is 1. The molecule has 8 nitrogen and oxygen atoms in total. The fourth-order valence-electron chi connectivity index (χ4n) is 4.08. The molecule has 0 fully saturated rings. The van der Waals surface area contributed by atoms with Gasteiger partial charge in [-0.05, 0) is 36.8 Å². The standard InChI is InChI=1S/C28H31ClFN3O5S/c1-4-31-28(35)25(16-20-10-6-5-7-11-20)32(18-21-12-8-9-13-24(21)30)27(34)19-33(39(3,36)37)22-14-15-26(38-2)23(29)17-22/h5-15,17,25H,4,16,18-19H2,1-3H3,(H,31,35)/t25-/m0/s1. The molecule has 11 heteroatoms. The summed E-state index contributed by atoms with van der Waals surface area (Å²) in [6.45, 7) is 1.17. The summed E-state index contributed by atoms with van der Waals surface area (Å²) < 4.78 is 46.4. The average Bonchev–Trinajstić information content (AvgIpc) is 2.90. The Kier molecular flexibility index (Phi) is 10.3. The summed E-state index contributed by atoms with van der Waals surface area (Å²) in [6, 6.07) is 18.3. The van der Waals surface area contributed by atoms with Crippen LogP contribution < -0.4 is 14.4 Å². The number of likely N-dealkylation sites (N-methyl/N-ethyl adjacent to an activating group) is 1. The number of amides is 2. The van der Waals surface area contributed by atoms with Crippen molar-refractivity contribution in [3.8, 4) is 5.75 Å². The van der Waals surface area contributed by atoms with Gasteiger partial charge in [0.1, 0.15) is 24.2 Å².